The number of aryl methyl sites for hydroxylation is 1. The van der Waals surface area contributed by atoms with Crippen LogP contribution in [-0.2, 0) is 27.2 Å². The molecule has 138 valence electrons. The fourth-order valence-electron chi connectivity index (χ4n) is 2.67. The summed E-state index contributed by atoms with van der Waals surface area (Å²) in [5.74, 6) is -0.457. The zero-order valence-corrected chi connectivity index (χ0v) is 15.0. The number of nitrogens with one attached hydrogen (secondary N) is 1. The van der Waals surface area contributed by atoms with E-state index in [0.717, 1.165) is 12.0 Å². The van der Waals surface area contributed by atoms with E-state index in [4.69, 9.17) is 4.74 Å². The highest BCUT2D eigenvalue weighted by molar-refractivity contribution is 5.84. The average molecular weight is 355 g/mol. The molecule has 0 heterocycles. The number of esters is 1. The van der Waals surface area contributed by atoms with E-state index in [1.54, 1.807) is 31.2 Å². The number of aromatic hydroxyl groups is 1. The summed E-state index contributed by atoms with van der Waals surface area (Å²) in [7, 11) is 0. The van der Waals surface area contributed by atoms with Gasteiger partial charge in [0.05, 0.1) is 6.61 Å². The number of rotatable bonds is 9. The number of carbonyl (C=O) groups excluding carboxylic acids is 2. The molecule has 0 bridgehead atoms. The second-order valence-corrected chi connectivity index (χ2v) is 6.08. The van der Waals surface area contributed by atoms with Gasteiger partial charge < -0.3 is 15.2 Å². The van der Waals surface area contributed by atoms with Crippen LogP contribution in [0.25, 0.3) is 0 Å². The van der Waals surface area contributed by atoms with Gasteiger partial charge in [0.15, 0.2) is 0 Å². The summed E-state index contributed by atoms with van der Waals surface area (Å²) in [5.41, 5.74) is 2.02. The van der Waals surface area contributed by atoms with Crippen molar-refractivity contribution in [2.75, 3.05) is 6.61 Å². The quantitative estimate of drug-likeness (QED) is 0.678. The van der Waals surface area contributed by atoms with Crippen LogP contribution in [0.2, 0.25) is 0 Å². The lowest BCUT2D eigenvalue weighted by Crippen LogP contribution is -2.43. The second-order valence-electron chi connectivity index (χ2n) is 6.08. The molecule has 0 fully saturated rings. The van der Waals surface area contributed by atoms with Gasteiger partial charge in [-0.1, -0.05) is 42.5 Å². The van der Waals surface area contributed by atoms with Crippen LogP contribution in [0, 0.1) is 0 Å². The third kappa shape index (κ3) is 6.59. The third-order valence-electron chi connectivity index (χ3n) is 3.99. The Bertz CT molecular complexity index is 698. The van der Waals surface area contributed by atoms with Crippen molar-refractivity contribution in [3.8, 4) is 5.75 Å². The Kier molecular flexibility index (Phi) is 7.68. The molecular weight excluding hydrogens is 330 g/mol. The van der Waals surface area contributed by atoms with Gasteiger partial charge >= 0.3 is 5.97 Å². The molecule has 0 aliphatic rings. The molecule has 0 spiro atoms. The summed E-state index contributed by atoms with van der Waals surface area (Å²) in [6.45, 7) is 1.99. The Hall–Kier alpha value is -2.82. The highest BCUT2D eigenvalue weighted by Gasteiger charge is 2.22. The SMILES string of the molecule is CCOC(=O)C(Cc1ccc(O)cc1)NC(=O)CCCc1ccccc1. The molecule has 5 nitrogen and oxygen atoms in total. The lowest BCUT2D eigenvalue weighted by molar-refractivity contribution is -0.147. The molecule has 5 heteroatoms. The number of carbonyl (C=O) groups is 2. The van der Waals surface area contributed by atoms with E-state index in [9.17, 15) is 14.7 Å². The van der Waals surface area contributed by atoms with Gasteiger partial charge in [0.1, 0.15) is 11.8 Å². The van der Waals surface area contributed by atoms with Crippen LogP contribution in [0.5, 0.6) is 5.75 Å². The van der Waals surface area contributed by atoms with Gasteiger partial charge in [0.25, 0.3) is 0 Å². The Balaban J connectivity index is 1.89. The van der Waals surface area contributed by atoms with Gasteiger partial charge in [-0.05, 0) is 43.0 Å². The van der Waals surface area contributed by atoms with Gasteiger partial charge in [0, 0.05) is 12.8 Å². The monoisotopic (exact) mass is 355 g/mol. The molecule has 0 saturated carbocycles. The van der Waals surface area contributed by atoms with E-state index in [2.05, 4.69) is 5.32 Å². The molecule has 0 radical (unpaired) electrons. The Morgan fingerprint density at radius 2 is 1.73 bits per heavy atom. The van der Waals surface area contributed by atoms with Crippen LogP contribution in [0.15, 0.2) is 54.6 Å². The number of hydrogen-bond donors (Lipinski definition) is 2. The molecule has 1 amide bonds. The van der Waals surface area contributed by atoms with E-state index in [1.165, 1.54) is 5.56 Å². The number of phenols is 1. The highest BCUT2D eigenvalue weighted by Crippen LogP contribution is 2.12. The maximum absolute atomic E-state index is 12.2. The van der Waals surface area contributed by atoms with Crippen molar-refractivity contribution in [2.24, 2.45) is 0 Å². The summed E-state index contributed by atoms with van der Waals surface area (Å²) in [5, 5.41) is 12.1. The van der Waals surface area contributed by atoms with Crippen molar-refractivity contribution < 1.29 is 19.4 Å². The molecule has 1 atom stereocenters. The van der Waals surface area contributed by atoms with Gasteiger partial charge in [-0.2, -0.15) is 0 Å². The maximum atomic E-state index is 12.2. The minimum absolute atomic E-state index is 0.159. The van der Waals surface area contributed by atoms with Gasteiger partial charge in [-0.15, -0.1) is 0 Å². The molecule has 2 aromatic carbocycles. The first-order valence-corrected chi connectivity index (χ1v) is 8.86. The fourth-order valence-corrected chi connectivity index (χ4v) is 2.67. The third-order valence-corrected chi connectivity index (χ3v) is 3.99. The van der Waals surface area contributed by atoms with Gasteiger partial charge in [-0.3, -0.25) is 4.79 Å². The normalized spacial score (nSPS) is 11.6. The molecular formula is C21H25NO4. The van der Waals surface area contributed by atoms with Crippen LogP contribution in [0.4, 0.5) is 0 Å². The number of benzene rings is 2. The molecule has 26 heavy (non-hydrogen) atoms. The molecule has 2 aromatic rings. The zero-order valence-electron chi connectivity index (χ0n) is 15.0. The summed E-state index contributed by atoms with van der Waals surface area (Å²) in [6.07, 6.45) is 2.20. The Morgan fingerprint density at radius 3 is 2.38 bits per heavy atom. The topological polar surface area (TPSA) is 75.6 Å². The number of hydrogen-bond acceptors (Lipinski definition) is 4. The standard InChI is InChI=1S/C21H25NO4/c1-2-26-21(25)19(15-17-11-13-18(23)14-12-17)22-20(24)10-6-9-16-7-4-3-5-8-16/h3-5,7-8,11-14,19,23H,2,6,9-10,15H2,1H3,(H,22,24). The predicted octanol–water partition coefficient (Wildman–Crippen LogP) is 3.01. The number of ether oxygens (including phenoxy) is 1. The van der Waals surface area contributed by atoms with Crippen LogP contribution in [-0.4, -0.2) is 29.6 Å². The second kappa shape index (κ2) is 10.2. The van der Waals surface area contributed by atoms with E-state index in [1.807, 2.05) is 30.3 Å². The maximum Gasteiger partial charge on any atom is 0.328 e. The van der Waals surface area contributed by atoms with Gasteiger partial charge in [0.2, 0.25) is 5.91 Å². The Morgan fingerprint density at radius 1 is 1.04 bits per heavy atom. The van der Waals surface area contributed by atoms with Gasteiger partial charge in [-0.25, -0.2) is 4.79 Å². The average Bonchev–Trinajstić information content (AvgIpc) is 2.64. The van der Waals surface area contributed by atoms with Crippen molar-refractivity contribution in [1.82, 2.24) is 5.32 Å². The minimum Gasteiger partial charge on any atom is -0.508 e. The van der Waals surface area contributed by atoms with Crippen molar-refractivity contribution in [2.45, 2.75) is 38.6 Å². The lowest BCUT2D eigenvalue weighted by atomic mass is 10.0. The van der Waals surface area contributed by atoms with Crippen molar-refractivity contribution in [1.29, 1.82) is 0 Å². The zero-order chi connectivity index (χ0) is 18.8. The van der Waals surface area contributed by atoms with Crippen LogP contribution < -0.4 is 5.32 Å². The molecule has 0 aliphatic heterocycles. The van der Waals surface area contributed by atoms with E-state index >= 15 is 0 Å². The fraction of sp³-hybridized carbons (Fsp3) is 0.333. The first kappa shape index (κ1) is 19.5. The number of phenolic OH excluding ortho intramolecular Hbond substituents is 1. The molecule has 0 aliphatic carbocycles. The Labute approximate surface area is 154 Å². The predicted molar refractivity (Wildman–Crippen MR) is 99.8 cm³/mol. The van der Waals surface area contributed by atoms with Crippen molar-refractivity contribution in [3.05, 3.63) is 65.7 Å². The molecule has 2 N–H and O–H groups in total. The van der Waals surface area contributed by atoms with Crippen LogP contribution in [0.3, 0.4) is 0 Å². The number of amides is 1. The van der Waals surface area contributed by atoms with E-state index < -0.39 is 12.0 Å². The van der Waals surface area contributed by atoms with Crippen LogP contribution in [0.1, 0.15) is 30.9 Å². The van der Waals surface area contributed by atoms with E-state index in [-0.39, 0.29) is 18.3 Å². The molecule has 0 saturated heterocycles. The smallest absolute Gasteiger partial charge is 0.328 e. The highest BCUT2D eigenvalue weighted by atomic mass is 16.5. The summed E-state index contributed by atoms with van der Waals surface area (Å²) >= 11 is 0. The summed E-state index contributed by atoms with van der Waals surface area (Å²) < 4.78 is 5.07. The first-order valence-electron chi connectivity index (χ1n) is 8.86. The summed E-state index contributed by atoms with van der Waals surface area (Å²) in [4.78, 5) is 24.4. The molecule has 1 unspecified atom stereocenters. The van der Waals surface area contributed by atoms with Crippen LogP contribution >= 0.6 is 0 Å². The molecule has 2 rings (SSSR count). The van der Waals surface area contributed by atoms with Crippen molar-refractivity contribution in [3.63, 3.8) is 0 Å². The van der Waals surface area contributed by atoms with Crippen molar-refractivity contribution >= 4 is 11.9 Å². The molecule has 0 aromatic heterocycles. The first-order chi connectivity index (χ1) is 12.6. The lowest BCUT2D eigenvalue weighted by Gasteiger charge is -2.17. The summed E-state index contributed by atoms with van der Waals surface area (Å²) in [6, 6.07) is 15.8. The van der Waals surface area contributed by atoms with E-state index in [0.29, 0.717) is 19.3 Å². The minimum atomic E-state index is -0.733. The largest absolute Gasteiger partial charge is 0.508 e.